The van der Waals surface area contributed by atoms with Gasteiger partial charge in [-0.2, -0.15) is 9.97 Å². The molecule has 8 nitrogen and oxygen atoms in total. The lowest BCUT2D eigenvalue weighted by Gasteiger charge is -2.34. The summed E-state index contributed by atoms with van der Waals surface area (Å²) in [6.45, 7) is 3.14. The summed E-state index contributed by atoms with van der Waals surface area (Å²) in [6, 6.07) is 13.8. The number of H-pyrrole nitrogens is 1. The van der Waals surface area contributed by atoms with Crippen LogP contribution in [-0.4, -0.2) is 71.3 Å². The molecule has 7 rings (SSSR count). The SMILES string of the molecule is CN1CCC[C@H]1COc1nc(N2CC3CCC(C2)N3)c2ccc(-c3cc(=O)[nH]c4ccccc34)c(F)c2n1. The Morgan fingerprint density at radius 3 is 2.63 bits per heavy atom. The van der Waals surface area contributed by atoms with Crippen molar-refractivity contribution < 1.29 is 9.13 Å². The minimum Gasteiger partial charge on any atom is -0.462 e. The largest absolute Gasteiger partial charge is 0.462 e. The first-order valence-corrected chi connectivity index (χ1v) is 13.5. The Morgan fingerprint density at radius 1 is 1.03 bits per heavy atom. The monoisotopic (exact) mass is 514 g/mol. The molecule has 0 aliphatic carbocycles. The Bertz CT molecular complexity index is 1580. The maximum Gasteiger partial charge on any atom is 0.319 e. The number of likely N-dealkylation sites (tertiary alicyclic amines) is 1. The maximum absolute atomic E-state index is 16.4. The topological polar surface area (TPSA) is 86.4 Å². The van der Waals surface area contributed by atoms with Crippen LogP contribution in [0.4, 0.5) is 10.2 Å². The fraction of sp³-hybridized carbons (Fsp3) is 0.414. The standard InChI is InChI=1S/C29H31FN6O2/c1-35-12-4-5-19(35)16-38-29-33-27-22(28(34-29)36-14-17-8-9-18(15-36)31-17)11-10-21(26(27)30)23-13-25(37)32-24-7-3-2-6-20(23)24/h2-3,6-7,10-11,13,17-19,31H,4-5,8-9,12,14-16H2,1H3,(H,32,37)/t17?,18?,19-/m0/s1. The first-order valence-electron chi connectivity index (χ1n) is 13.5. The van der Waals surface area contributed by atoms with Gasteiger partial charge in [-0.05, 0) is 57.0 Å². The van der Waals surface area contributed by atoms with Crippen molar-refractivity contribution in [3.05, 3.63) is 58.6 Å². The van der Waals surface area contributed by atoms with Gasteiger partial charge in [-0.25, -0.2) is 4.39 Å². The third-order valence-corrected chi connectivity index (χ3v) is 8.40. The lowest BCUT2D eigenvalue weighted by Crippen LogP contribution is -2.51. The van der Waals surface area contributed by atoms with Crippen LogP contribution in [-0.2, 0) is 0 Å². The van der Waals surface area contributed by atoms with Crippen molar-refractivity contribution >= 4 is 27.6 Å². The van der Waals surface area contributed by atoms with E-state index in [1.165, 1.54) is 6.07 Å². The van der Waals surface area contributed by atoms with Gasteiger partial charge in [0.15, 0.2) is 5.82 Å². The minimum atomic E-state index is -0.470. The van der Waals surface area contributed by atoms with Gasteiger partial charge in [-0.3, -0.25) is 4.79 Å². The number of ether oxygens (including phenoxy) is 1. The predicted molar refractivity (Wildman–Crippen MR) is 146 cm³/mol. The Hall–Kier alpha value is -3.56. The number of aromatic amines is 1. The van der Waals surface area contributed by atoms with E-state index in [2.05, 4.69) is 32.1 Å². The molecule has 3 aliphatic rings. The lowest BCUT2D eigenvalue weighted by molar-refractivity contribution is 0.188. The molecule has 3 fully saturated rings. The number of benzene rings is 2. The molecule has 4 aromatic rings. The highest BCUT2D eigenvalue weighted by molar-refractivity contribution is 5.99. The van der Waals surface area contributed by atoms with Crippen molar-refractivity contribution in [2.24, 2.45) is 0 Å². The molecule has 3 aliphatic heterocycles. The third-order valence-electron chi connectivity index (χ3n) is 8.40. The van der Waals surface area contributed by atoms with Gasteiger partial charge in [0.05, 0.1) is 0 Å². The summed E-state index contributed by atoms with van der Waals surface area (Å²) < 4.78 is 22.5. The second-order valence-corrected chi connectivity index (χ2v) is 10.9. The molecule has 38 heavy (non-hydrogen) atoms. The molecule has 3 saturated heterocycles. The minimum absolute atomic E-state index is 0.200. The van der Waals surface area contributed by atoms with Crippen LogP contribution < -0.4 is 20.5 Å². The van der Waals surface area contributed by atoms with Crippen molar-refractivity contribution in [3.8, 4) is 17.1 Å². The van der Waals surface area contributed by atoms with E-state index in [0.717, 1.165) is 50.7 Å². The number of nitrogens with zero attached hydrogens (tertiary/aromatic N) is 4. The van der Waals surface area contributed by atoms with Gasteiger partial charge >= 0.3 is 6.01 Å². The van der Waals surface area contributed by atoms with E-state index >= 15 is 4.39 Å². The van der Waals surface area contributed by atoms with Crippen LogP contribution in [0.25, 0.3) is 32.9 Å². The second kappa shape index (κ2) is 9.32. The zero-order valence-electron chi connectivity index (χ0n) is 21.4. The smallest absolute Gasteiger partial charge is 0.319 e. The fourth-order valence-corrected chi connectivity index (χ4v) is 6.40. The van der Waals surface area contributed by atoms with Crippen molar-refractivity contribution in [2.45, 2.75) is 43.8 Å². The molecule has 0 amide bonds. The number of fused-ring (bicyclic) bond motifs is 4. The summed E-state index contributed by atoms with van der Waals surface area (Å²) in [5.74, 6) is 0.243. The van der Waals surface area contributed by atoms with Crippen molar-refractivity contribution in [2.75, 3.05) is 38.2 Å². The van der Waals surface area contributed by atoms with Crippen molar-refractivity contribution in [1.82, 2.24) is 25.2 Å². The van der Waals surface area contributed by atoms with Gasteiger partial charge in [0.1, 0.15) is 17.9 Å². The molecule has 3 atom stereocenters. The van der Waals surface area contributed by atoms with Gasteiger partial charge in [-0.15, -0.1) is 0 Å². The number of likely N-dealkylation sites (N-methyl/N-ethyl adjacent to an activating group) is 1. The molecule has 5 heterocycles. The number of nitrogens with one attached hydrogen (secondary N) is 2. The first-order chi connectivity index (χ1) is 18.5. The lowest BCUT2D eigenvalue weighted by atomic mass is 9.99. The number of halogens is 1. The van der Waals surface area contributed by atoms with Crippen LogP contribution in [0.15, 0.2) is 47.3 Å². The summed E-state index contributed by atoms with van der Waals surface area (Å²) in [6.07, 6.45) is 4.47. The average molecular weight is 515 g/mol. The molecular formula is C29H31FN6O2. The van der Waals surface area contributed by atoms with Crippen molar-refractivity contribution in [1.29, 1.82) is 0 Å². The first kappa shape index (κ1) is 23.5. The highest BCUT2D eigenvalue weighted by atomic mass is 19.1. The number of hydrogen-bond acceptors (Lipinski definition) is 7. The van der Waals surface area contributed by atoms with Crippen LogP contribution >= 0.6 is 0 Å². The molecule has 2 aromatic heterocycles. The van der Waals surface area contributed by atoms with E-state index in [-0.39, 0.29) is 17.1 Å². The van der Waals surface area contributed by atoms with Crippen LogP contribution in [0, 0.1) is 5.82 Å². The van der Waals surface area contributed by atoms with E-state index in [1.807, 2.05) is 30.3 Å². The number of hydrogen-bond donors (Lipinski definition) is 2. The average Bonchev–Trinajstić information content (AvgIpc) is 3.50. The summed E-state index contributed by atoms with van der Waals surface area (Å²) in [7, 11) is 2.10. The number of rotatable bonds is 5. The van der Waals surface area contributed by atoms with E-state index in [0.29, 0.717) is 52.6 Å². The summed E-state index contributed by atoms with van der Waals surface area (Å²) in [5, 5.41) is 5.09. The Morgan fingerprint density at radius 2 is 1.84 bits per heavy atom. The van der Waals surface area contributed by atoms with Gasteiger partial charge in [0.2, 0.25) is 5.56 Å². The van der Waals surface area contributed by atoms with Crippen molar-refractivity contribution in [3.63, 3.8) is 0 Å². The van der Waals surface area contributed by atoms with Gasteiger partial charge < -0.3 is 24.8 Å². The molecule has 2 bridgehead atoms. The van der Waals surface area contributed by atoms with Crippen LogP contribution in [0.1, 0.15) is 25.7 Å². The zero-order valence-corrected chi connectivity index (χ0v) is 21.4. The summed E-state index contributed by atoms with van der Waals surface area (Å²) in [4.78, 5) is 29.2. The van der Waals surface area contributed by atoms with Gasteiger partial charge in [-0.1, -0.05) is 24.3 Å². The molecule has 0 saturated carbocycles. The van der Waals surface area contributed by atoms with E-state index in [4.69, 9.17) is 9.72 Å². The predicted octanol–water partition coefficient (Wildman–Crippen LogP) is 3.69. The Balaban J connectivity index is 1.36. The van der Waals surface area contributed by atoms with E-state index in [9.17, 15) is 4.79 Å². The number of piperazine rings is 1. The Kier molecular flexibility index (Phi) is 5.78. The molecule has 0 spiro atoms. The molecule has 196 valence electrons. The quantitative estimate of drug-likeness (QED) is 0.420. The van der Waals surface area contributed by atoms with Gasteiger partial charge in [0.25, 0.3) is 0 Å². The number of anilines is 1. The number of pyridine rings is 1. The van der Waals surface area contributed by atoms with Crippen LogP contribution in [0.3, 0.4) is 0 Å². The normalized spacial score (nSPS) is 23.5. The second-order valence-electron chi connectivity index (χ2n) is 10.9. The van der Waals surface area contributed by atoms with E-state index in [1.54, 1.807) is 6.07 Å². The highest BCUT2D eigenvalue weighted by Crippen LogP contribution is 2.36. The molecule has 2 unspecified atom stereocenters. The molecule has 0 radical (unpaired) electrons. The molecule has 2 N–H and O–H groups in total. The molecule has 9 heteroatoms. The highest BCUT2D eigenvalue weighted by Gasteiger charge is 2.34. The van der Waals surface area contributed by atoms with Crippen LogP contribution in [0.2, 0.25) is 0 Å². The van der Waals surface area contributed by atoms with Gasteiger partial charge in [0, 0.05) is 59.1 Å². The maximum atomic E-state index is 16.4. The summed E-state index contributed by atoms with van der Waals surface area (Å²) in [5.41, 5.74) is 1.49. The third kappa shape index (κ3) is 4.10. The molecule has 2 aromatic carbocycles. The Labute approximate surface area is 219 Å². The van der Waals surface area contributed by atoms with Crippen LogP contribution in [0.5, 0.6) is 6.01 Å². The number of aromatic nitrogens is 3. The van der Waals surface area contributed by atoms with E-state index < -0.39 is 5.82 Å². The molecular weight excluding hydrogens is 483 g/mol. The fourth-order valence-electron chi connectivity index (χ4n) is 6.40. The summed E-state index contributed by atoms with van der Waals surface area (Å²) >= 11 is 0. The number of para-hydroxylation sites is 1. The zero-order chi connectivity index (χ0) is 25.8.